The maximum Gasteiger partial charge on any atom is 0.251 e. The van der Waals surface area contributed by atoms with Crippen LogP contribution in [0.3, 0.4) is 0 Å². The zero-order valence-corrected chi connectivity index (χ0v) is 15.5. The van der Waals surface area contributed by atoms with E-state index in [-0.39, 0.29) is 11.8 Å². The molecule has 0 spiro atoms. The van der Waals surface area contributed by atoms with Gasteiger partial charge in [0.25, 0.3) is 11.8 Å². The lowest BCUT2D eigenvalue weighted by Gasteiger charge is -2.11. The van der Waals surface area contributed by atoms with Gasteiger partial charge < -0.3 is 21.3 Å². The maximum absolute atomic E-state index is 12.4. The molecule has 0 saturated heterocycles. The Hall–Kier alpha value is -2.86. The molecule has 2 amide bonds. The highest BCUT2D eigenvalue weighted by atomic mass is 16.2. The smallest absolute Gasteiger partial charge is 0.251 e. The summed E-state index contributed by atoms with van der Waals surface area (Å²) in [5.74, 6) is -0.303. The molecule has 6 heteroatoms. The number of rotatable bonds is 7. The van der Waals surface area contributed by atoms with Crippen LogP contribution in [0.1, 0.15) is 31.8 Å². The molecule has 0 saturated carbocycles. The van der Waals surface area contributed by atoms with Crippen LogP contribution in [0.25, 0.3) is 0 Å². The number of carbonyl (C=O) groups is 2. The first-order valence-electron chi connectivity index (χ1n) is 8.53. The van der Waals surface area contributed by atoms with Crippen LogP contribution in [0.2, 0.25) is 0 Å². The lowest BCUT2D eigenvalue weighted by Crippen LogP contribution is -2.31. The number of likely N-dealkylation sites (N-methyl/N-ethyl adjacent to an activating group) is 1. The molecule has 138 valence electrons. The summed E-state index contributed by atoms with van der Waals surface area (Å²) in [5.41, 5.74) is 9.17. The van der Waals surface area contributed by atoms with Gasteiger partial charge in [0.15, 0.2) is 0 Å². The van der Waals surface area contributed by atoms with Crippen molar-refractivity contribution < 1.29 is 9.59 Å². The number of hydrogen-bond donors (Lipinski definition) is 3. The zero-order valence-electron chi connectivity index (χ0n) is 15.5. The van der Waals surface area contributed by atoms with Crippen LogP contribution in [0.4, 0.5) is 5.69 Å². The number of amides is 2. The van der Waals surface area contributed by atoms with E-state index in [1.807, 2.05) is 44.1 Å². The number of nitrogen functional groups attached to an aromatic ring is 1. The van der Waals surface area contributed by atoms with Gasteiger partial charge in [-0.3, -0.25) is 9.59 Å². The van der Waals surface area contributed by atoms with Crippen molar-refractivity contribution in [3.05, 3.63) is 64.7 Å². The Morgan fingerprint density at radius 3 is 2.54 bits per heavy atom. The number of aryl methyl sites for hydroxylation is 1. The number of nitrogens with two attached hydrogens (primary N) is 1. The summed E-state index contributed by atoms with van der Waals surface area (Å²) in [6.45, 7) is 3.57. The third-order valence-corrected chi connectivity index (χ3v) is 3.99. The predicted molar refractivity (Wildman–Crippen MR) is 104 cm³/mol. The van der Waals surface area contributed by atoms with E-state index in [1.165, 1.54) is 0 Å². The molecule has 0 fully saturated rings. The highest BCUT2D eigenvalue weighted by Crippen LogP contribution is 2.13. The molecule has 2 aromatic carbocycles. The Labute approximate surface area is 154 Å². The molecule has 0 aliphatic rings. The Balaban J connectivity index is 1.97. The van der Waals surface area contributed by atoms with Crippen molar-refractivity contribution in [1.29, 1.82) is 0 Å². The van der Waals surface area contributed by atoms with Crippen LogP contribution >= 0.6 is 0 Å². The van der Waals surface area contributed by atoms with E-state index in [0.29, 0.717) is 29.9 Å². The molecular formula is C20H26N4O2. The van der Waals surface area contributed by atoms with Crippen molar-refractivity contribution in [3.63, 3.8) is 0 Å². The fourth-order valence-corrected chi connectivity index (χ4v) is 2.48. The molecule has 2 aromatic rings. The van der Waals surface area contributed by atoms with Crippen LogP contribution in [0, 0.1) is 6.92 Å². The Morgan fingerprint density at radius 2 is 1.81 bits per heavy atom. The first kappa shape index (κ1) is 19.5. The van der Waals surface area contributed by atoms with E-state index in [0.717, 1.165) is 17.7 Å². The van der Waals surface area contributed by atoms with Crippen LogP contribution in [-0.4, -0.2) is 43.9 Å². The quantitative estimate of drug-likeness (QED) is 0.662. The van der Waals surface area contributed by atoms with Gasteiger partial charge in [0.05, 0.1) is 0 Å². The highest BCUT2D eigenvalue weighted by molar-refractivity contribution is 5.96. The zero-order chi connectivity index (χ0) is 19.1. The van der Waals surface area contributed by atoms with E-state index >= 15 is 0 Å². The second kappa shape index (κ2) is 9.01. The Bertz CT molecular complexity index is 787. The van der Waals surface area contributed by atoms with Gasteiger partial charge in [-0.15, -0.1) is 0 Å². The first-order valence-corrected chi connectivity index (χ1v) is 8.53. The number of hydrogen-bond acceptors (Lipinski definition) is 4. The summed E-state index contributed by atoms with van der Waals surface area (Å²) < 4.78 is 0. The molecule has 26 heavy (non-hydrogen) atoms. The third-order valence-electron chi connectivity index (χ3n) is 3.99. The second-order valence-corrected chi connectivity index (χ2v) is 6.52. The summed E-state index contributed by atoms with van der Waals surface area (Å²) >= 11 is 0. The molecule has 4 N–H and O–H groups in total. The van der Waals surface area contributed by atoms with Gasteiger partial charge in [0.2, 0.25) is 0 Å². The summed E-state index contributed by atoms with van der Waals surface area (Å²) in [7, 11) is 3.91. The van der Waals surface area contributed by atoms with Gasteiger partial charge in [0.1, 0.15) is 0 Å². The van der Waals surface area contributed by atoms with Gasteiger partial charge in [-0.05, 0) is 56.4 Å². The molecule has 2 rings (SSSR count). The van der Waals surface area contributed by atoms with Crippen molar-refractivity contribution in [2.45, 2.75) is 13.5 Å². The Kier molecular flexibility index (Phi) is 6.74. The van der Waals surface area contributed by atoms with Crippen LogP contribution in [-0.2, 0) is 6.54 Å². The lowest BCUT2D eigenvalue weighted by molar-refractivity contribution is 0.0944. The van der Waals surface area contributed by atoms with Gasteiger partial charge in [-0.1, -0.05) is 18.2 Å². The standard InChI is InChI=1S/C20H26N4O2/c1-14-7-8-17(21)12-18(14)20(26)23-13-15-5-4-6-16(11-15)19(25)22-9-10-24(2)3/h4-8,11-12H,9-10,13,21H2,1-3H3,(H,22,25)(H,23,26). The number of carbonyl (C=O) groups excluding carboxylic acids is 2. The third kappa shape index (κ3) is 5.60. The van der Waals surface area contributed by atoms with E-state index in [4.69, 9.17) is 5.73 Å². The molecule has 0 bridgehead atoms. The monoisotopic (exact) mass is 354 g/mol. The minimum Gasteiger partial charge on any atom is -0.399 e. The number of anilines is 1. The first-order chi connectivity index (χ1) is 12.4. The van der Waals surface area contributed by atoms with E-state index in [1.54, 1.807) is 24.3 Å². The summed E-state index contributed by atoms with van der Waals surface area (Å²) in [6, 6.07) is 12.5. The number of nitrogens with zero attached hydrogens (tertiary/aromatic N) is 1. The maximum atomic E-state index is 12.4. The summed E-state index contributed by atoms with van der Waals surface area (Å²) in [6.07, 6.45) is 0. The highest BCUT2D eigenvalue weighted by Gasteiger charge is 2.10. The second-order valence-electron chi connectivity index (χ2n) is 6.52. The molecule has 0 unspecified atom stereocenters. The van der Waals surface area contributed by atoms with Crippen molar-refractivity contribution in [2.24, 2.45) is 0 Å². The molecule has 0 aliphatic carbocycles. The fraction of sp³-hybridized carbons (Fsp3) is 0.300. The van der Waals surface area contributed by atoms with Crippen molar-refractivity contribution in [3.8, 4) is 0 Å². The molecule has 0 radical (unpaired) electrons. The molecule has 0 atom stereocenters. The van der Waals surface area contributed by atoms with E-state index in [9.17, 15) is 9.59 Å². The van der Waals surface area contributed by atoms with E-state index < -0.39 is 0 Å². The molecule has 0 aliphatic heterocycles. The van der Waals surface area contributed by atoms with Crippen molar-refractivity contribution >= 4 is 17.5 Å². The van der Waals surface area contributed by atoms with Crippen molar-refractivity contribution in [2.75, 3.05) is 32.9 Å². The normalized spacial score (nSPS) is 10.6. The SMILES string of the molecule is Cc1ccc(N)cc1C(=O)NCc1cccc(C(=O)NCCN(C)C)c1. The van der Waals surface area contributed by atoms with Gasteiger partial charge in [-0.25, -0.2) is 0 Å². The number of benzene rings is 2. The van der Waals surface area contributed by atoms with Crippen molar-refractivity contribution in [1.82, 2.24) is 15.5 Å². The average Bonchev–Trinajstić information content (AvgIpc) is 2.61. The van der Waals surface area contributed by atoms with Crippen LogP contribution in [0.15, 0.2) is 42.5 Å². The summed E-state index contributed by atoms with van der Waals surface area (Å²) in [5, 5.41) is 5.75. The molecule has 0 heterocycles. The Morgan fingerprint density at radius 1 is 1.04 bits per heavy atom. The van der Waals surface area contributed by atoms with Gasteiger partial charge in [-0.2, -0.15) is 0 Å². The van der Waals surface area contributed by atoms with Crippen LogP contribution in [0.5, 0.6) is 0 Å². The molecule has 6 nitrogen and oxygen atoms in total. The van der Waals surface area contributed by atoms with Gasteiger partial charge >= 0.3 is 0 Å². The van der Waals surface area contributed by atoms with Crippen LogP contribution < -0.4 is 16.4 Å². The van der Waals surface area contributed by atoms with Gasteiger partial charge in [0, 0.05) is 36.4 Å². The molecular weight excluding hydrogens is 328 g/mol. The lowest BCUT2D eigenvalue weighted by atomic mass is 10.1. The number of nitrogens with one attached hydrogen (secondary N) is 2. The minimum absolute atomic E-state index is 0.119. The predicted octanol–water partition coefficient (Wildman–Crippen LogP) is 1.80. The topological polar surface area (TPSA) is 87.5 Å². The largest absolute Gasteiger partial charge is 0.399 e. The summed E-state index contributed by atoms with van der Waals surface area (Å²) in [4.78, 5) is 26.6. The fourth-order valence-electron chi connectivity index (χ4n) is 2.48. The average molecular weight is 354 g/mol. The minimum atomic E-state index is -0.185. The van der Waals surface area contributed by atoms with E-state index in [2.05, 4.69) is 10.6 Å². The molecule has 0 aromatic heterocycles.